The van der Waals surface area contributed by atoms with Gasteiger partial charge in [-0.15, -0.1) is 35.3 Å². The van der Waals surface area contributed by atoms with E-state index in [4.69, 9.17) is 9.73 Å². The van der Waals surface area contributed by atoms with Gasteiger partial charge in [-0.1, -0.05) is 18.2 Å². The fraction of sp³-hybridized carbons (Fsp3) is 0.476. The highest BCUT2D eigenvalue weighted by atomic mass is 127. The minimum atomic E-state index is 0. The first-order valence-corrected chi connectivity index (χ1v) is 10.8. The summed E-state index contributed by atoms with van der Waals surface area (Å²) in [5.41, 5.74) is 1.10. The quantitative estimate of drug-likeness (QED) is 0.278. The highest BCUT2D eigenvalue weighted by molar-refractivity contribution is 14.0. The number of nitrogens with zero attached hydrogens (tertiary/aromatic N) is 2. The molecular formula is C21H31IN4O2S. The van der Waals surface area contributed by atoms with Gasteiger partial charge in [0, 0.05) is 31.1 Å². The zero-order valence-electron chi connectivity index (χ0n) is 16.8. The van der Waals surface area contributed by atoms with E-state index >= 15 is 0 Å². The zero-order chi connectivity index (χ0) is 19.6. The molecule has 0 amide bonds. The van der Waals surface area contributed by atoms with Gasteiger partial charge in [-0.2, -0.15) is 0 Å². The van der Waals surface area contributed by atoms with Crippen molar-refractivity contribution in [3.8, 4) is 5.75 Å². The average Bonchev–Trinajstić information content (AvgIpc) is 3.23. The summed E-state index contributed by atoms with van der Waals surface area (Å²) in [6.07, 6.45) is 0.830. The number of thiophene rings is 1. The number of benzene rings is 1. The number of hydrogen-bond donors (Lipinski definition) is 3. The van der Waals surface area contributed by atoms with Crippen LogP contribution in [-0.4, -0.2) is 61.9 Å². The number of rotatable bonds is 8. The van der Waals surface area contributed by atoms with Gasteiger partial charge in [-0.25, -0.2) is 0 Å². The second-order valence-electron chi connectivity index (χ2n) is 6.75. The van der Waals surface area contributed by atoms with Gasteiger partial charge in [0.15, 0.2) is 5.96 Å². The van der Waals surface area contributed by atoms with Crippen molar-refractivity contribution in [3.05, 3.63) is 52.2 Å². The van der Waals surface area contributed by atoms with Gasteiger partial charge in [0.1, 0.15) is 5.75 Å². The largest absolute Gasteiger partial charge is 0.508 e. The van der Waals surface area contributed by atoms with Crippen LogP contribution in [0.5, 0.6) is 5.75 Å². The number of hydrogen-bond acceptors (Lipinski definition) is 5. The molecule has 1 aromatic heterocycles. The number of phenols is 1. The van der Waals surface area contributed by atoms with Crippen LogP contribution < -0.4 is 10.6 Å². The van der Waals surface area contributed by atoms with Gasteiger partial charge < -0.3 is 20.5 Å². The number of phenolic OH excluding ortho intramolecular Hbond substituents is 1. The number of aromatic hydroxyl groups is 1. The van der Waals surface area contributed by atoms with Gasteiger partial charge in [0.2, 0.25) is 0 Å². The second kappa shape index (κ2) is 13.0. The molecule has 6 nitrogen and oxygen atoms in total. The Morgan fingerprint density at radius 1 is 1.24 bits per heavy atom. The van der Waals surface area contributed by atoms with Crippen molar-refractivity contribution in [2.24, 2.45) is 4.99 Å². The predicted octanol–water partition coefficient (Wildman–Crippen LogP) is 3.24. The van der Waals surface area contributed by atoms with Crippen LogP contribution in [0.2, 0.25) is 0 Å². The van der Waals surface area contributed by atoms with Crippen LogP contribution in [0.25, 0.3) is 0 Å². The number of ether oxygens (including phenoxy) is 1. The van der Waals surface area contributed by atoms with E-state index in [-0.39, 0.29) is 30.0 Å². The molecule has 1 aliphatic heterocycles. The Morgan fingerprint density at radius 3 is 2.76 bits per heavy atom. The molecule has 2 aromatic rings. The van der Waals surface area contributed by atoms with Crippen molar-refractivity contribution in [1.82, 2.24) is 15.5 Å². The maximum absolute atomic E-state index is 9.60. The van der Waals surface area contributed by atoms with Crippen molar-refractivity contribution < 1.29 is 9.84 Å². The second-order valence-corrected chi connectivity index (χ2v) is 7.73. The summed E-state index contributed by atoms with van der Waals surface area (Å²) in [5, 5.41) is 18.5. The molecule has 1 saturated heterocycles. The number of halogens is 1. The Balaban J connectivity index is 0.00000300. The molecule has 0 spiro atoms. The number of guanidine groups is 1. The molecule has 160 valence electrons. The summed E-state index contributed by atoms with van der Waals surface area (Å²) in [5.74, 6) is 1.14. The molecule has 1 aromatic carbocycles. The Labute approximate surface area is 194 Å². The Hall–Kier alpha value is -1.36. The first-order chi connectivity index (χ1) is 13.8. The molecule has 0 saturated carbocycles. The van der Waals surface area contributed by atoms with Gasteiger partial charge in [0.05, 0.1) is 25.8 Å². The summed E-state index contributed by atoms with van der Waals surface area (Å²) in [6, 6.07) is 12.0. The van der Waals surface area contributed by atoms with Crippen molar-refractivity contribution >= 4 is 41.3 Å². The van der Waals surface area contributed by atoms with Gasteiger partial charge in [-0.05, 0) is 42.5 Å². The third-order valence-electron chi connectivity index (χ3n) is 4.74. The van der Waals surface area contributed by atoms with E-state index < -0.39 is 0 Å². The Morgan fingerprint density at radius 2 is 2.07 bits per heavy atom. The topological polar surface area (TPSA) is 69.1 Å². The average molecular weight is 530 g/mol. The van der Waals surface area contributed by atoms with Gasteiger partial charge in [0.25, 0.3) is 0 Å². The van der Waals surface area contributed by atoms with Crippen LogP contribution in [0.1, 0.15) is 23.4 Å². The predicted molar refractivity (Wildman–Crippen MR) is 131 cm³/mol. The molecule has 1 atom stereocenters. The van der Waals surface area contributed by atoms with Crippen LogP contribution >= 0.6 is 35.3 Å². The Bertz CT molecular complexity index is 736. The minimum Gasteiger partial charge on any atom is -0.508 e. The Kier molecular flexibility index (Phi) is 10.8. The minimum absolute atomic E-state index is 0. The summed E-state index contributed by atoms with van der Waals surface area (Å²) in [7, 11) is 0. The van der Waals surface area contributed by atoms with Crippen LogP contribution in [-0.2, 0) is 11.2 Å². The molecule has 2 heterocycles. The van der Waals surface area contributed by atoms with E-state index in [1.54, 1.807) is 23.5 Å². The number of nitrogens with one attached hydrogen (secondary N) is 2. The van der Waals surface area contributed by atoms with E-state index in [1.807, 2.05) is 12.1 Å². The summed E-state index contributed by atoms with van der Waals surface area (Å²) in [4.78, 5) is 8.68. The summed E-state index contributed by atoms with van der Waals surface area (Å²) < 4.78 is 5.52. The third kappa shape index (κ3) is 7.76. The zero-order valence-corrected chi connectivity index (χ0v) is 20.0. The number of morpholine rings is 1. The van der Waals surface area contributed by atoms with E-state index in [0.717, 1.165) is 57.3 Å². The van der Waals surface area contributed by atoms with Crippen LogP contribution in [0, 0.1) is 0 Å². The first kappa shape index (κ1) is 23.9. The van der Waals surface area contributed by atoms with Crippen molar-refractivity contribution in [3.63, 3.8) is 0 Å². The maximum Gasteiger partial charge on any atom is 0.191 e. The molecule has 29 heavy (non-hydrogen) atoms. The fourth-order valence-electron chi connectivity index (χ4n) is 3.31. The molecule has 3 rings (SSSR count). The van der Waals surface area contributed by atoms with E-state index in [0.29, 0.717) is 12.3 Å². The first-order valence-electron chi connectivity index (χ1n) is 9.91. The molecule has 8 heteroatoms. The summed E-state index contributed by atoms with van der Waals surface area (Å²) in [6.45, 7) is 7.82. The fourth-order valence-corrected chi connectivity index (χ4v) is 4.16. The van der Waals surface area contributed by atoms with Gasteiger partial charge in [-0.3, -0.25) is 9.89 Å². The highest BCUT2D eigenvalue weighted by Crippen LogP contribution is 2.26. The normalized spacial score (nSPS) is 16.1. The molecule has 0 bridgehead atoms. The molecule has 1 unspecified atom stereocenters. The maximum atomic E-state index is 9.60. The summed E-state index contributed by atoms with van der Waals surface area (Å²) >= 11 is 1.79. The smallest absolute Gasteiger partial charge is 0.191 e. The van der Waals surface area contributed by atoms with Crippen LogP contribution in [0.15, 0.2) is 46.8 Å². The standard InChI is InChI=1S/C21H30N4O2S.HI/c1-2-22-21(23-9-8-17-5-3-6-18(26)15-17)24-16-19(20-7-4-14-28-20)25-10-12-27-13-11-25;/h3-7,14-15,19,26H,2,8-13,16H2,1H3,(H2,22,23,24);1H. The molecule has 0 aliphatic carbocycles. The molecular weight excluding hydrogens is 499 g/mol. The molecule has 1 fully saturated rings. The number of aliphatic imine (C=N–C) groups is 1. The lowest BCUT2D eigenvalue weighted by Crippen LogP contribution is -2.42. The van der Waals surface area contributed by atoms with E-state index in [2.05, 4.69) is 40.0 Å². The lowest BCUT2D eigenvalue weighted by Gasteiger charge is -2.33. The van der Waals surface area contributed by atoms with Crippen molar-refractivity contribution in [2.45, 2.75) is 19.4 Å². The van der Waals surface area contributed by atoms with Gasteiger partial charge >= 0.3 is 0 Å². The van der Waals surface area contributed by atoms with E-state index in [9.17, 15) is 5.11 Å². The van der Waals surface area contributed by atoms with Crippen molar-refractivity contribution in [1.29, 1.82) is 0 Å². The van der Waals surface area contributed by atoms with Crippen molar-refractivity contribution in [2.75, 3.05) is 45.9 Å². The SMILES string of the molecule is CCNC(=NCC(c1cccs1)N1CCOCC1)NCCc1cccc(O)c1.I. The van der Waals surface area contributed by atoms with Crippen LogP contribution in [0.3, 0.4) is 0 Å². The lowest BCUT2D eigenvalue weighted by molar-refractivity contribution is 0.0186. The van der Waals surface area contributed by atoms with Crippen LogP contribution in [0.4, 0.5) is 0 Å². The monoisotopic (exact) mass is 530 g/mol. The molecule has 0 radical (unpaired) electrons. The highest BCUT2D eigenvalue weighted by Gasteiger charge is 2.23. The lowest BCUT2D eigenvalue weighted by atomic mass is 10.1. The third-order valence-corrected chi connectivity index (χ3v) is 5.71. The molecule has 3 N–H and O–H groups in total. The molecule has 1 aliphatic rings. The van der Waals surface area contributed by atoms with E-state index in [1.165, 1.54) is 4.88 Å².